The molecule has 0 unspecified atom stereocenters. The third kappa shape index (κ3) is 7.72. The van der Waals surface area contributed by atoms with Crippen LogP contribution in [-0.2, 0) is 4.74 Å². The van der Waals surface area contributed by atoms with Crippen LogP contribution >= 0.6 is 11.6 Å². The Morgan fingerprint density at radius 1 is 1.23 bits per heavy atom. The second kappa shape index (κ2) is 9.97. The number of benzene rings is 1. The Kier molecular flexibility index (Phi) is 7.85. The van der Waals surface area contributed by atoms with Gasteiger partial charge < -0.3 is 14.8 Å². The van der Waals surface area contributed by atoms with Gasteiger partial charge in [-0.15, -0.1) is 0 Å². The number of ether oxygens (including phenoxy) is 2. The summed E-state index contributed by atoms with van der Waals surface area (Å²) in [7, 11) is 0. The molecular weight excluding hydrogens is 416 g/mol. The minimum absolute atomic E-state index is 0.178. The maximum atomic E-state index is 12.4. The smallest absolute Gasteiger partial charge is 0.408 e. The van der Waals surface area contributed by atoms with E-state index in [0.717, 1.165) is 5.56 Å². The highest BCUT2D eigenvalue weighted by Gasteiger charge is 2.31. The molecule has 0 aliphatic heterocycles. The highest BCUT2D eigenvalue weighted by Crippen LogP contribution is 2.27. The second-order valence-electron chi connectivity index (χ2n) is 9.12. The first-order valence-electron chi connectivity index (χ1n) is 10.1. The van der Waals surface area contributed by atoms with Gasteiger partial charge in [0.05, 0.1) is 16.8 Å². The van der Waals surface area contributed by atoms with E-state index in [1.807, 2.05) is 27.7 Å². The standard InChI is InChI=1S/C23H29ClN4O3/c1-15(2)11-23(6,28-21(29)31-22(3,4)5)13-30-19-8-7-16(9-17(19)12-25)18-10-20(24)27-14-26-18/h7-10,14-15H,11,13H2,1-6H3,(H,28,29)/t23-/m0/s1. The first-order chi connectivity index (χ1) is 14.4. The fraction of sp³-hybridized carbons (Fsp3) is 0.478. The summed E-state index contributed by atoms with van der Waals surface area (Å²) in [6.07, 6.45) is 1.54. The second-order valence-corrected chi connectivity index (χ2v) is 9.51. The van der Waals surface area contributed by atoms with Gasteiger partial charge in [0.15, 0.2) is 0 Å². The van der Waals surface area contributed by atoms with E-state index < -0.39 is 17.2 Å². The van der Waals surface area contributed by atoms with Gasteiger partial charge in [0.1, 0.15) is 35.5 Å². The van der Waals surface area contributed by atoms with Crippen molar-refractivity contribution in [1.82, 2.24) is 15.3 Å². The third-order valence-corrected chi connectivity index (χ3v) is 4.44. The summed E-state index contributed by atoms with van der Waals surface area (Å²) in [5, 5.41) is 12.9. The predicted octanol–water partition coefficient (Wildman–Crippen LogP) is 5.38. The SMILES string of the molecule is CC(C)C[C@@](C)(COc1ccc(-c2cc(Cl)ncn2)cc1C#N)NC(=O)OC(C)(C)C. The normalized spacial score (nSPS) is 13.3. The summed E-state index contributed by atoms with van der Waals surface area (Å²) >= 11 is 5.94. The van der Waals surface area contributed by atoms with Gasteiger partial charge >= 0.3 is 6.09 Å². The van der Waals surface area contributed by atoms with Crippen LogP contribution in [0.4, 0.5) is 4.79 Å². The van der Waals surface area contributed by atoms with Crippen molar-refractivity contribution in [2.24, 2.45) is 5.92 Å². The summed E-state index contributed by atoms with van der Waals surface area (Å²) < 4.78 is 11.4. The molecule has 1 aromatic carbocycles. The minimum atomic E-state index is -0.678. The number of aromatic nitrogens is 2. The molecule has 0 saturated heterocycles. The Morgan fingerprint density at radius 2 is 1.94 bits per heavy atom. The van der Waals surface area contributed by atoms with E-state index >= 15 is 0 Å². The van der Waals surface area contributed by atoms with Gasteiger partial charge in [-0.1, -0.05) is 25.4 Å². The maximum Gasteiger partial charge on any atom is 0.408 e. The number of carbonyl (C=O) groups excluding carboxylic acids is 1. The molecule has 7 nitrogen and oxygen atoms in total. The van der Waals surface area contributed by atoms with Crippen LogP contribution in [0.5, 0.6) is 5.75 Å². The molecule has 1 aromatic heterocycles. The minimum Gasteiger partial charge on any atom is -0.490 e. The van der Waals surface area contributed by atoms with Gasteiger partial charge in [0.2, 0.25) is 0 Å². The molecule has 166 valence electrons. The predicted molar refractivity (Wildman–Crippen MR) is 120 cm³/mol. The van der Waals surface area contributed by atoms with Crippen molar-refractivity contribution < 1.29 is 14.3 Å². The molecule has 0 saturated carbocycles. The fourth-order valence-electron chi connectivity index (χ4n) is 3.23. The van der Waals surface area contributed by atoms with E-state index in [1.54, 1.807) is 24.3 Å². The lowest BCUT2D eigenvalue weighted by atomic mass is 9.91. The number of halogens is 1. The van der Waals surface area contributed by atoms with Crippen LogP contribution in [0.2, 0.25) is 5.15 Å². The van der Waals surface area contributed by atoms with Gasteiger partial charge in [-0.3, -0.25) is 0 Å². The molecule has 1 heterocycles. The molecule has 2 aromatic rings. The molecule has 1 amide bonds. The summed E-state index contributed by atoms with van der Waals surface area (Å²) in [5.41, 5.74) is 0.417. The number of rotatable bonds is 7. The Balaban J connectivity index is 2.20. The van der Waals surface area contributed by atoms with Crippen LogP contribution in [-0.4, -0.2) is 33.8 Å². The molecule has 0 aliphatic carbocycles. The van der Waals surface area contributed by atoms with Crippen LogP contribution in [0.1, 0.15) is 53.5 Å². The zero-order valence-electron chi connectivity index (χ0n) is 18.8. The molecule has 0 fully saturated rings. The van der Waals surface area contributed by atoms with E-state index in [2.05, 4.69) is 35.2 Å². The maximum absolute atomic E-state index is 12.4. The monoisotopic (exact) mass is 444 g/mol. The van der Waals surface area contributed by atoms with Crippen molar-refractivity contribution in [3.63, 3.8) is 0 Å². The molecule has 0 spiro atoms. The Morgan fingerprint density at radius 3 is 2.52 bits per heavy atom. The van der Waals surface area contributed by atoms with E-state index in [0.29, 0.717) is 34.5 Å². The van der Waals surface area contributed by atoms with Gasteiger partial charge in [-0.05, 0) is 58.2 Å². The van der Waals surface area contributed by atoms with Gasteiger partial charge in [0, 0.05) is 11.6 Å². The van der Waals surface area contributed by atoms with Crippen LogP contribution in [0.25, 0.3) is 11.3 Å². The summed E-state index contributed by atoms with van der Waals surface area (Å²) in [4.78, 5) is 20.4. The highest BCUT2D eigenvalue weighted by atomic mass is 35.5. The first-order valence-corrected chi connectivity index (χ1v) is 10.4. The fourth-order valence-corrected chi connectivity index (χ4v) is 3.38. The molecular formula is C23H29ClN4O3. The van der Waals surface area contributed by atoms with Crippen LogP contribution in [0.15, 0.2) is 30.6 Å². The van der Waals surface area contributed by atoms with Crippen molar-refractivity contribution in [3.05, 3.63) is 41.3 Å². The summed E-state index contributed by atoms with van der Waals surface area (Å²) in [6, 6.07) is 8.99. The molecule has 0 bridgehead atoms. The number of hydrogen-bond donors (Lipinski definition) is 1. The van der Waals surface area contributed by atoms with Crippen molar-refractivity contribution in [2.75, 3.05) is 6.61 Å². The van der Waals surface area contributed by atoms with E-state index in [-0.39, 0.29) is 6.61 Å². The van der Waals surface area contributed by atoms with Crippen molar-refractivity contribution >= 4 is 17.7 Å². The van der Waals surface area contributed by atoms with Crippen molar-refractivity contribution in [1.29, 1.82) is 5.26 Å². The van der Waals surface area contributed by atoms with E-state index in [1.165, 1.54) is 6.33 Å². The lowest BCUT2D eigenvalue weighted by Gasteiger charge is -2.33. The van der Waals surface area contributed by atoms with Crippen LogP contribution in [0, 0.1) is 17.2 Å². The Labute approximate surface area is 188 Å². The van der Waals surface area contributed by atoms with E-state index in [9.17, 15) is 10.1 Å². The zero-order chi connectivity index (χ0) is 23.2. The van der Waals surface area contributed by atoms with E-state index in [4.69, 9.17) is 21.1 Å². The van der Waals surface area contributed by atoms with Gasteiger partial charge in [-0.25, -0.2) is 14.8 Å². The molecule has 8 heteroatoms. The van der Waals surface area contributed by atoms with Gasteiger partial charge in [-0.2, -0.15) is 5.26 Å². The number of nitrogens with one attached hydrogen (secondary N) is 1. The topological polar surface area (TPSA) is 97.1 Å². The molecule has 31 heavy (non-hydrogen) atoms. The Hall–Kier alpha value is -2.85. The molecule has 1 N–H and O–H groups in total. The average molecular weight is 445 g/mol. The number of alkyl carbamates (subject to hydrolysis) is 1. The molecule has 1 atom stereocenters. The molecule has 0 aliphatic rings. The number of amides is 1. The third-order valence-electron chi connectivity index (χ3n) is 4.24. The Bertz CT molecular complexity index is 966. The summed E-state index contributed by atoms with van der Waals surface area (Å²) in [5.74, 6) is 0.733. The van der Waals surface area contributed by atoms with Crippen LogP contribution in [0.3, 0.4) is 0 Å². The first kappa shape index (κ1) is 24.4. The summed E-state index contributed by atoms with van der Waals surface area (Å²) in [6.45, 7) is 11.7. The lowest BCUT2D eigenvalue weighted by molar-refractivity contribution is 0.0408. The molecule has 2 rings (SSSR count). The quantitative estimate of drug-likeness (QED) is 0.576. The number of carbonyl (C=O) groups is 1. The van der Waals surface area contributed by atoms with Crippen molar-refractivity contribution in [3.8, 4) is 23.1 Å². The average Bonchev–Trinajstić information content (AvgIpc) is 2.64. The lowest BCUT2D eigenvalue weighted by Crippen LogP contribution is -2.52. The number of hydrogen-bond acceptors (Lipinski definition) is 6. The van der Waals surface area contributed by atoms with Gasteiger partial charge in [0.25, 0.3) is 0 Å². The highest BCUT2D eigenvalue weighted by molar-refractivity contribution is 6.29. The molecule has 0 radical (unpaired) electrons. The van der Waals surface area contributed by atoms with Crippen molar-refractivity contribution in [2.45, 2.75) is 59.1 Å². The number of nitriles is 1. The number of nitrogens with zero attached hydrogens (tertiary/aromatic N) is 3. The zero-order valence-corrected chi connectivity index (χ0v) is 19.6. The van der Waals surface area contributed by atoms with Crippen LogP contribution < -0.4 is 10.1 Å². The largest absolute Gasteiger partial charge is 0.490 e.